The third kappa shape index (κ3) is 2.72. The Morgan fingerprint density at radius 2 is 2.35 bits per heavy atom. The molecule has 0 spiro atoms. The predicted molar refractivity (Wildman–Crippen MR) is 60.3 cm³/mol. The van der Waals surface area contributed by atoms with Crippen molar-refractivity contribution >= 4 is 0 Å². The van der Waals surface area contributed by atoms with Crippen LogP contribution in [0, 0.1) is 6.92 Å². The zero-order chi connectivity index (χ0) is 12.3. The lowest BCUT2D eigenvalue weighted by atomic mass is 10.2. The van der Waals surface area contributed by atoms with E-state index in [1.165, 1.54) is 0 Å². The van der Waals surface area contributed by atoms with Gasteiger partial charge in [0.1, 0.15) is 0 Å². The number of methoxy groups -OCH3 is 1. The molecule has 0 aromatic carbocycles. The van der Waals surface area contributed by atoms with E-state index < -0.39 is 0 Å². The largest absolute Gasteiger partial charge is 0.461 e. The Hall–Kier alpha value is -1.66. The third-order valence-electron chi connectivity index (χ3n) is 2.35. The monoisotopic (exact) mass is 237 g/mol. The molecule has 2 N–H and O–H groups in total. The fourth-order valence-corrected chi connectivity index (χ4v) is 1.53. The highest BCUT2D eigenvalue weighted by Crippen LogP contribution is 2.21. The minimum Gasteiger partial charge on any atom is -0.461 e. The number of rotatable bonds is 5. The maximum atomic E-state index is 5.80. The molecule has 0 radical (unpaired) electrons. The lowest BCUT2D eigenvalue weighted by molar-refractivity contribution is 0.176. The van der Waals surface area contributed by atoms with Crippen LogP contribution in [0.25, 0.3) is 11.6 Å². The lowest BCUT2D eigenvalue weighted by Gasteiger charge is -2.05. The van der Waals surface area contributed by atoms with E-state index >= 15 is 0 Å². The first kappa shape index (κ1) is 11.8. The molecular formula is C11H15N3O3. The number of nitrogens with zero attached hydrogens (tertiary/aromatic N) is 2. The van der Waals surface area contributed by atoms with Crippen LogP contribution >= 0.6 is 0 Å². The summed E-state index contributed by atoms with van der Waals surface area (Å²) in [6, 6.07) is 1.70. The highest BCUT2D eigenvalue weighted by atomic mass is 16.5. The highest BCUT2D eigenvalue weighted by molar-refractivity contribution is 5.50. The summed E-state index contributed by atoms with van der Waals surface area (Å²) in [6.45, 7) is 2.38. The van der Waals surface area contributed by atoms with E-state index in [2.05, 4.69) is 10.1 Å². The van der Waals surface area contributed by atoms with Crippen molar-refractivity contribution in [2.24, 2.45) is 5.73 Å². The Morgan fingerprint density at radius 1 is 1.53 bits per heavy atom. The van der Waals surface area contributed by atoms with Crippen LogP contribution in [0.15, 0.2) is 21.3 Å². The Bertz CT molecular complexity index is 478. The maximum Gasteiger partial charge on any atom is 0.238 e. The van der Waals surface area contributed by atoms with Gasteiger partial charge in [-0.1, -0.05) is 5.16 Å². The molecule has 2 aromatic rings. The van der Waals surface area contributed by atoms with Crippen molar-refractivity contribution in [3.8, 4) is 11.6 Å². The van der Waals surface area contributed by atoms with Crippen LogP contribution in [0.5, 0.6) is 0 Å². The Labute approximate surface area is 98.7 Å². The van der Waals surface area contributed by atoms with Gasteiger partial charge in [0.15, 0.2) is 5.76 Å². The Morgan fingerprint density at radius 3 is 3.00 bits per heavy atom. The molecule has 0 amide bonds. The van der Waals surface area contributed by atoms with Gasteiger partial charge in [0.2, 0.25) is 11.7 Å². The zero-order valence-electron chi connectivity index (χ0n) is 9.84. The molecule has 0 bridgehead atoms. The molecule has 0 saturated heterocycles. The van der Waals surface area contributed by atoms with Crippen LogP contribution in [0.3, 0.4) is 0 Å². The van der Waals surface area contributed by atoms with Gasteiger partial charge < -0.3 is 19.4 Å². The summed E-state index contributed by atoms with van der Waals surface area (Å²) in [4.78, 5) is 4.23. The second-order valence-electron chi connectivity index (χ2n) is 3.86. The van der Waals surface area contributed by atoms with Gasteiger partial charge in [-0.05, 0) is 18.6 Å². The highest BCUT2D eigenvalue weighted by Gasteiger charge is 2.15. The quantitative estimate of drug-likeness (QED) is 0.839. The number of ether oxygens (including phenoxy) is 1. The average molecular weight is 237 g/mol. The zero-order valence-corrected chi connectivity index (χ0v) is 9.84. The molecule has 2 rings (SSSR count). The number of aromatic nitrogens is 2. The molecule has 0 saturated carbocycles. The summed E-state index contributed by atoms with van der Waals surface area (Å²) in [5, 5.41) is 3.86. The standard InChI is InChI=1S/C11H15N3O3/c1-7-3-4-16-10(7)11-13-9(17-14-11)5-8(12)6-15-2/h3-4,8H,5-6,12H2,1-2H3. The van der Waals surface area contributed by atoms with Gasteiger partial charge in [-0.2, -0.15) is 4.98 Å². The van der Waals surface area contributed by atoms with Crippen molar-refractivity contribution in [1.82, 2.24) is 10.1 Å². The molecule has 1 atom stereocenters. The molecular weight excluding hydrogens is 222 g/mol. The van der Waals surface area contributed by atoms with E-state index in [9.17, 15) is 0 Å². The fourth-order valence-electron chi connectivity index (χ4n) is 1.53. The van der Waals surface area contributed by atoms with Gasteiger partial charge in [-0.3, -0.25) is 0 Å². The van der Waals surface area contributed by atoms with Crippen LogP contribution in [0.4, 0.5) is 0 Å². The van der Waals surface area contributed by atoms with Crippen molar-refractivity contribution in [1.29, 1.82) is 0 Å². The van der Waals surface area contributed by atoms with E-state index in [4.69, 9.17) is 19.4 Å². The normalized spacial score (nSPS) is 12.9. The minimum absolute atomic E-state index is 0.147. The average Bonchev–Trinajstić information content (AvgIpc) is 2.87. The summed E-state index contributed by atoms with van der Waals surface area (Å²) >= 11 is 0. The molecule has 0 fully saturated rings. The molecule has 2 heterocycles. The fraction of sp³-hybridized carbons (Fsp3) is 0.455. The smallest absolute Gasteiger partial charge is 0.238 e. The molecule has 2 aromatic heterocycles. The first-order valence-electron chi connectivity index (χ1n) is 5.32. The Balaban J connectivity index is 2.09. The number of hydrogen-bond donors (Lipinski definition) is 1. The van der Waals surface area contributed by atoms with Crippen molar-refractivity contribution in [3.05, 3.63) is 23.8 Å². The molecule has 1 unspecified atom stereocenters. The van der Waals surface area contributed by atoms with E-state index in [1.807, 2.05) is 13.0 Å². The van der Waals surface area contributed by atoms with Crippen molar-refractivity contribution < 1.29 is 13.7 Å². The van der Waals surface area contributed by atoms with Gasteiger partial charge in [-0.15, -0.1) is 0 Å². The van der Waals surface area contributed by atoms with Crippen LogP contribution in [-0.4, -0.2) is 29.9 Å². The first-order valence-corrected chi connectivity index (χ1v) is 5.32. The summed E-state index contributed by atoms with van der Waals surface area (Å²) in [6.07, 6.45) is 2.08. The minimum atomic E-state index is -0.147. The Kier molecular flexibility index (Phi) is 3.55. The van der Waals surface area contributed by atoms with E-state index in [0.29, 0.717) is 30.5 Å². The summed E-state index contributed by atoms with van der Waals surface area (Å²) < 4.78 is 15.3. The van der Waals surface area contributed by atoms with Crippen LogP contribution in [0.2, 0.25) is 0 Å². The van der Waals surface area contributed by atoms with Crippen molar-refractivity contribution in [2.45, 2.75) is 19.4 Å². The second-order valence-corrected chi connectivity index (χ2v) is 3.86. The van der Waals surface area contributed by atoms with Gasteiger partial charge in [0.05, 0.1) is 12.9 Å². The van der Waals surface area contributed by atoms with E-state index in [-0.39, 0.29) is 6.04 Å². The molecule has 0 aliphatic rings. The van der Waals surface area contributed by atoms with Gasteiger partial charge >= 0.3 is 0 Å². The number of hydrogen-bond acceptors (Lipinski definition) is 6. The first-order chi connectivity index (χ1) is 8.20. The van der Waals surface area contributed by atoms with Crippen LogP contribution in [-0.2, 0) is 11.2 Å². The molecule has 0 aliphatic carbocycles. The van der Waals surface area contributed by atoms with E-state index in [1.54, 1.807) is 13.4 Å². The summed E-state index contributed by atoms with van der Waals surface area (Å²) in [5.74, 6) is 1.56. The van der Waals surface area contributed by atoms with Gasteiger partial charge in [0, 0.05) is 19.6 Å². The summed E-state index contributed by atoms with van der Waals surface area (Å²) in [7, 11) is 1.60. The number of nitrogens with two attached hydrogens (primary N) is 1. The van der Waals surface area contributed by atoms with Crippen molar-refractivity contribution in [3.63, 3.8) is 0 Å². The van der Waals surface area contributed by atoms with Crippen molar-refractivity contribution in [2.75, 3.05) is 13.7 Å². The molecule has 92 valence electrons. The molecule has 17 heavy (non-hydrogen) atoms. The van der Waals surface area contributed by atoms with Crippen LogP contribution in [0.1, 0.15) is 11.5 Å². The van der Waals surface area contributed by atoms with Gasteiger partial charge in [0.25, 0.3) is 0 Å². The SMILES string of the molecule is COCC(N)Cc1nc(-c2occc2C)no1. The molecule has 0 aliphatic heterocycles. The molecule has 6 heteroatoms. The molecule has 6 nitrogen and oxygen atoms in total. The van der Waals surface area contributed by atoms with E-state index in [0.717, 1.165) is 5.56 Å². The second kappa shape index (κ2) is 5.11. The predicted octanol–water partition coefficient (Wildman–Crippen LogP) is 1.15. The number of furan rings is 1. The third-order valence-corrected chi connectivity index (χ3v) is 2.35. The van der Waals surface area contributed by atoms with Gasteiger partial charge in [-0.25, -0.2) is 0 Å². The lowest BCUT2D eigenvalue weighted by Crippen LogP contribution is -2.28. The van der Waals surface area contributed by atoms with Crippen LogP contribution < -0.4 is 5.73 Å². The topological polar surface area (TPSA) is 87.3 Å². The maximum absolute atomic E-state index is 5.80. The summed E-state index contributed by atoms with van der Waals surface area (Å²) in [5.41, 5.74) is 6.77. The number of aryl methyl sites for hydroxylation is 1.